The molecule has 0 aromatic carbocycles. The lowest BCUT2D eigenvalue weighted by atomic mass is 10.3. The average Bonchev–Trinajstić information content (AvgIpc) is 3.26. The fourth-order valence-corrected chi connectivity index (χ4v) is 5.22. The van der Waals surface area contributed by atoms with E-state index in [4.69, 9.17) is 19.9 Å². The normalized spacial score (nSPS) is 14.8. The van der Waals surface area contributed by atoms with Gasteiger partial charge < -0.3 is 24.5 Å². The number of imidazole rings is 1. The zero-order valence-corrected chi connectivity index (χ0v) is 22.3. The highest BCUT2D eigenvalue weighted by atomic mass is 31.2. The van der Waals surface area contributed by atoms with Gasteiger partial charge in [0.2, 0.25) is 7.44 Å². The molecule has 202 valence electrons. The van der Waals surface area contributed by atoms with Gasteiger partial charge >= 0.3 is 11.9 Å². The molecule has 2 atom stereocenters. The van der Waals surface area contributed by atoms with Gasteiger partial charge in [-0.3, -0.25) is 14.2 Å². The molecule has 2 rings (SSSR count). The molecule has 0 aliphatic carbocycles. The second kappa shape index (κ2) is 14.8. The lowest BCUT2D eigenvalue weighted by molar-refractivity contribution is -0.145. The summed E-state index contributed by atoms with van der Waals surface area (Å²) in [7, 11) is -3.57. The second-order valence-corrected chi connectivity index (χ2v) is 10.6. The minimum Gasteiger partial charge on any atom is -0.465 e. The third-order valence-electron chi connectivity index (χ3n) is 5.18. The first-order valence-electron chi connectivity index (χ1n) is 12.2. The lowest BCUT2D eigenvalue weighted by Crippen LogP contribution is -2.43. The number of nitrogens with zero attached hydrogens (tertiary/aromatic N) is 4. The molecule has 0 spiro atoms. The summed E-state index contributed by atoms with van der Waals surface area (Å²) in [4.78, 5) is 36.9. The predicted octanol–water partition coefficient (Wildman–Crippen LogP) is 2.22. The Balaban J connectivity index is 2.01. The predicted molar refractivity (Wildman–Crippen MR) is 135 cm³/mol. The van der Waals surface area contributed by atoms with Crippen LogP contribution < -0.4 is 15.9 Å². The maximum absolute atomic E-state index is 13.7. The van der Waals surface area contributed by atoms with E-state index in [1.807, 2.05) is 13.8 Å². The smallest absolute Gasteiger partial charge is 0.323 e. The fraction of sp³-hybridized carbons (Fsp3) is 0.682. The third kappa shape index (κ3) is 9.12. The summed E-state index contributed by atoms with van der Waals surface area (Å²) in [6, 6.07) is -1.77. The summed E-state index contributed by atoms with van der Waals surface area (Å²) in [6.07, 6.45) is 5.86. The molecule has 0 radical (unpaired) electrons. The summed E-state index contributed by atoms with van der Waals surface area (Å²) >= 11 is 0. The van der Waals surface area contributed by atoms with Gasteiger partial charge in [-0.25, -0.2) is 25.1 Å². The van der Waals surface area contributed by atoms with Crippen LogP contribution in [-0.2, 0) is 34.9 Å². The number of hydrogen-bond donors (Lipinski definition) is 3. The van der Waals surface area contributed by atoms with E-state index in [2.05, 4.69) is 25.1 Å². The van der Waals surface area contributed by atoms with Crippen molar-refractivity contribution in [2.75, 3.05) is 31.9 Å². The number of fused-ring (bicyclic) bond motifs is 1. The number of nitrogen functional groups attached to an aromatic ring is 1. The van der Waals surface area contributed by atoms with Crippen molar-refractivity contribution < 1.29 is 28.4 Å². The highest BCUT2D eigenvalue weighted by Crippen LogP contribution is 2.37. The highest BCUT2D eigenvalue weighted by Gasteiger charge is 2.32. The summed E-state index contributed by atoms with van der Waals surface area (Å²) < 4.78 is 31.6. The molecule has 0 saturated carbocycles. The van der Waals surface area contributed by atoms with Crippen molar-refractivity contribution in [3.63, 3.8) is 0 Å². The Morgan fingerprint density at radius 3 is 2.14 bits per heavy atom. The Kier molecular flexibility index (Phi) is 12.2. The van der Waals surface area contributed by atoms with E-state index < -0.39 is 31.5 Å². The number of esters is 2. The number of nitrogens with two attached hydrogens (primary N) is 1. The number of nitrogens with one attached hydrogen (secondary N) is 2. The number of unbranched alkanes of at least 4 members (excludes halogenated alkanes) is 2. The molecule has 13 nitrogen and oxygen atoms in total. The molecule has 0 amide bonds. The quantitative estimate of drug-likeness (QED) is 0.156. The van der Waals surface area contributed by atoms with Gasteiger partial charge in [-0.1, -0.05) is 26.7 Å². The van der Waals surface area contributed by atoms with Crippen LogP contribution in [0, 0.1) is 0 Å². The Morgan fingerprint density at radius 2 is 1.58 bits per heavy atom. The lowest BCUT2D eigenvalue weighted by Gasteiger charge is -2.26. The first-order valence-corrected chi connectivity index (χ1v) is 14.1. The number of rotatable bonds is 17. The zero-order valence-electron chi connectivity index (χ0n) is 21.4. The molecule has 2 aromatic heterocycles. The molecule has 36 heavy (non-hydrogen) atoms. The minimum absolute atomic E-state index is 0.160. The van der Waals surface area contributed by atoms with Gasteiger partial charge in [0, 0.05) is 6.54 Å². The van der Waals surface area contributed by atoms with Crippen LogP contribution in [0.5, 0.6) is 0 Å². The second-order valence-electron chi connectivity index (χ2n) is 8.39. The Bertz CT molecular complexity index is 999. The number of carbonyl (C=O) groups is 2. The van der Waals surface area contributed by atoms with Gasteiger partial charge in [0.05, 0.1) is 26.1 Å². The molecule has 0 bridgehead atoms. The van der Waals surface area contributed by atoms with Gasteiger partial charge in [-0.2, -0.15) is 0 Å². The maximum Gasteiger partial charge on any atom is 0.323 e. The standard InChI is InChI=1S/C22H38N7O6P/c1-5-7-10-34-21(30)16(3)27-36(32,28-17(4)22(31)35-11-8-6-2)15-33-12-9-29-14-26-18-19(23)24-13-25-20(18)29/h13-14,16-17H,5-12,15H2,1-4H3,(H2,23,24,25)(H2,27,28,32). The van der Waals surface area contributed by atoms with E-state index in [9.17, 15) is 14.2 Å². The van der Waals surface area contributed by atoms with Gasteiger partial charge in [0.1, 0.15) is 30.3 Å². The molecular weight excluding hydrogens is 489 g/mol. The summed E-state index contributed by atoms with van der Waals surface area (Å²) in [6.45, 7) is 8.15. The van der Waals surface area contributed by atoms with Gasteiger partial charge in [-0.15, -0.1) is 0 Å². The SMILES string of the molecule is CCCCOC(=O)C(C)NP(=O)(COCCn1cnc2c(N)ncnc21)NC(C)C(=O)OCCCC. The van der Waals surface area contributed by atoms with Crippen LogP contribution in [0.1, 0.15) is 53.4 Å². The van der Waals surface area contributed by atoms with E-state index >= 15 is 0 Å². The Morgan fingerprint density at radius 1 is 1.00 bits per heavy atom. The van der Waals surface area contributed by atoms with Crippen LogP contribution in [0.15, 0.2) is 12.7 Å². The number of anilines is 1. The van der Waals surface area contributed by atoms with Crippen LogP contribution in [0.2, 0.25) is 0 Å². The van der Waals surface area contributed by atoms with Crippen molar-refractivity contribution in [1.29, 1.82) is 0 Å². The Hall–Kier alpha value is -2.60. The summed E-state index contributed by atoms with van der Waals surface area (Å²) in [5.41, 5.74) is 6.85. The minimum atomic E-state index is -3.57. The molecule has 0 fully saturated rings. The van der Waals surface area contributed by atoms with Gasteiger partial charge in [-0.05, 0) is 26.7 Å². The van der Waals surface area contributed by atoms with Crippen molar-refractivity contribution in [2.45, 2.75) is 72.0 Å². The van der Waals surface area contributed by atoms with Crippen LogP contribution in [0.4, 0.5) is 5.82 Å². The highest BCUT2D eigenvalue weighted by molar-refractivity contribution is 7.59. The van der Waals surface area contributed by atoms with Crippen molar-refractivity contribution in [1.82, 2.24) is 29.7 Å². The number of aromatic nitrogens is 4. The molecule has 0 aliphatic rings. The Labute approximate surface area is 211 Å². The number of carbonyl (C=O) groups excluding carboxylic acids is 2. The third-order valence-corrected chi connectivity index (χ3v) is 7.33. The molecule has 2 aromatic rings. The van der Waals surface area contributed by atoms with E-state index in [-0.39, 0.29) is 32.0 Å². The van der Waals surface area contributed by atoms with E-state index in [0.29, 0.717) is 17.7 Å². The van der Waals surface area contributed by atoms with E-state index in [1.54, 1.807) is 24.7 Å². The van der Waals surface area contributed by atoms with Crippen molar-refractivity contribution in [3.8, 4) is 0 Å². The number of ether oxygens (including phenoxy) is 3. The average molecular weight is 528 g/mol. The molecule has 0 saturated heterocycles. The first-order chi connectivity index (χ1) is 17.2. The molecule has 4 N–H and O–H groups in total. The maximum atomic E-state index is 13.7. The van der Waals surface area contributed by atoms with Crippen molar-refractivity contribution in [3.05, 3.63) is 12.7 Å². The monoisotopic (exact) mass is 527 g/mol. The van der Waals surface area contributed by atoms with Gasteiger partial charge in [0.15, 0.2) is 11.5 Å². The summed E-state index contributed by atoms with van der Waals surface area (Å²) in [5, 5.41) is 5.57. The zero-order chi connectivity index (χ0) is 26.6. The molecule has 0 aliphatic heterocycles. The molecular formula is C22H38N7O6P. The largest absolute Gasteiger partial charge is 0.465 e. The first kappa shape index (κ1) is 29.6. The van der Waals surface area contributed by atoms with Crippen LogP contribution in [-0.4, -0.2) is 69.7 Å². The molecule has 2 heterocycles. The van der Waals surface area contributed by atoms with Crippen LogP contribution in [0.3, 0.4) is 0 Å². The van der Waals surface area contributed by atoms with E-state index in [1.165, 1.54) is 6.33 Å². The fourth-order valence-electron chi connectivity index (χ4n) is 3.15. The number of hydrogen-bond acceptors (Lipinski definition) is 10. The van der Waals surface area contributed by atoms with Crippen molar-refractivity contribution >= 4 is 36.4 Å². The molecule has 2 unspecified atom stereocenters. The van der Waals surface area contributed by atoms with Crippen LogP contribution >= 0.6 is 7.44 Å². The van der Waals surface area contributed by atoms with Crippen LogP contribution in [0.25, 0.3) is 11.2 Å². The summed E-state index contributed by atoms with van der Waals surface area (Å²) in [5.74, 6) is -0.797. The topological polar surface area (TPSA) is 173 Å². The van der Waals surface area contributed by atoms with Gasteiger partial charge in [0.25, 0.3) is 0 Å². The molecule has 14 heteroatoms. The van der Waals surface area contributed by atoms with Crippen molar-refractivity contribution in [2.24, 2.45) is 0 Å². The van der Waals surface area contributed by atoms with E-state index in [0.717, 1.165) is 25.7 Å².